The van der Waals surface area contributed by atoms with Gasteiger partial charge >= 0.3 is 0 Å². The molecule has 0 amide bonds. The number of rotatable bonds is 5. The molecule has 1 aromatic rings. The third-order valence-electron chi connectivity index (χ3n) is 4.30. The minimum atomic E-state index is -0.513. The van der Waals surface area contributed by atoms with Crippen LogP contribution >= 0.6 is 0 Å². The van der Waals surface area contributed by atoms with E-state index in [0.29, 0.717) is 19.2 Å². The van der Waals surface area contributed by atoms with Gasteiger partial charge in [-0.3, -0.25) is 4.90 Å². The highest BCUT2D eigenvalue weighted by molar-refractivity contribution is 5.19. The predicted molar refractivity (Wildman–Crippen MR) is 83.0 cm³/mol. The van der Waals surface area contributed by atoms with Gasteiger partial charge in [0.15, 0.2) is 0 Å². The third-order valence-corrected chi connectivity index (χ3v) is 4.30. The van der Waals surface area contributed by atoms with Gasteiger partial charge in [0.1, 0.15) is 0 Å². The monoisotopic (exact) mass is 293 g/mol. The van der Waals surface area contributed by atoms with Crippen LogP contribution < -0.4 is 0 Å². The van der Waals surface area contributed by atoms with Crippen molar-refractivity contribution < 1.29 is 14.9 Å². The van der Waals surface area contributed by atoms with Gasteiger partial charge in [-0.1, -0.05) is 44.2 Å². The van der Waals surface area contributed by atoms with E-state index < -0.39 is 6.10 Å². The molecule has 21 heavy (non-hydrogen) atoms. The average molecular weight is 293 g/mol. The Hall–Kier alpha value is -0.940. The lowest BCUT2D eigenvalue weighted by atomic mass is 9.81. The van der Waals surface area contributed by atoms with Crippen LogP contribution in [0.4, 0.5) is 0 Å². The van der Waals surface area contributed by atoms with Crippen molar-refractivity contribution in [1.82, 2.24) is 4.90 Å². The zero-order valence-corrected chi connectivity index (χ0v) is 13.2. The quantitative estimate of drug-likeness (QED) is 0.869. The first-order valence-corrected chi connectivity index (χ1v) is 7.63. The molecular weight excluding hydrogens is 266 g/mol. The van der Waals surface area contributed by atoms with E-state index in [0.717, 1.165) is 12.1 Å². The van der Waals surface area contributed by atoms with E-state index in [4.69, 9.17) is 4.74 Å². The molecule has 1 saturated heterocycles. The molecule has 0 aliphatic carbocycles. The Morgan fingerprint density at radius 2 is 2.00 bits per heavy atom. The summed E-state index contributed by atoms with van der Waals surface area (Å²) in [6.07, 6.45) is -0.632. The Morgan fingerprint density at radius 1 is 1.33 bits per heavy atom. The lowest BCUT2D eigenvalue weighted by Crippen LogP contribution is -2.53. The number of aliphatic hydroxyl groups excluding tert-OH is 2. The Labute approximate surface area is 127 Å². The maximum absolute atomic E-state index is 10.7. The largest absolute Gasteiger partial charge is 0.394 e. The summed E-state index contributed by atoms with van der Waals surface area (Å²) in [5.41, 5.74) is 0.676. The summed E-state index contributed by atoms with van der Waals surface area (Å²) in [6.45, 7) is 8.44. The topological polar surface area (TPSA) is 52.9 Å². The van der Waals surface area contributed by atoms with Crippen molar-refractivity contribution in [3.8, 4) is 0 Å². The van der Waals surface area contributed by atoms with E-state index in [2.05, 4.69) is 25.7 Å². The standard InChI is InChI=1S/C17H27NO3/c1-13-11-21-15(10-19)9-18(13)12-17(2,3)16(20)14-7-5-4-6-8-14/h4-8,13,15-16,19-20H,9-12H2,1-3H3. The predicted octanol–water partition coefficient (Wildman–Crippen LogP) is 1.83. The summed E-state index contributed by atoms with van der Waals surface area (Å²) in [7, 11) is 0. The molecule has 1 fully saturated rings. The molecule has 2 N–H and O–H groups in total. The smallest absolute Gasteiger partial charge is 0.0933 e. The van der Waals surface area contributed by atoms with Crippen LogP contribution in [0.25, 0.3) is 0 Å². The van der Waals surface area contributed by atoms with Crippen LogP contribution in [0, 0.1) is 5.41 Å². The number of morpholine rings is 1. The molecule has 1 aliphatic rings. The summed E-state index contributed by atoms with van der Waals surface area (Å²) < 4.78 is 5.58. The van der Waals surface area contributed by atoms with E-state index in [-0.39, 0.29) is 18.1 Å². The van der Waals surface area contributed by atoms with Crippen LogP contribution in [0.15, 0.2) is 30.3 Å². The maximum atomic E-state index is 10.7. The number of hydrogen-bond acceptors (Lipinski definition) is 4. The van der Waals surface area contributed by atoms with E-state index >= 15 is 0 Å². The van der Waals surface area contributed by atoms with Crippen molar-refractivity contribution in [3.05, 3.63) is 35.9 Å². The van der Waals surface area contributed by atoms with Gasteiger partial charge in [-0.2, -0.15) is 0 Å². The Balaban J connectivity index is 2.05. The van der Waals surface area contributed by atoms with Crippen molar-refractivity contribution >= 4 is 0 Å². The van der Waals surface area contributed by atoms with Gasteiger partial charge in [-0.15, -0.1) is 0 Å². The highest BCUT2D eigenvalue weighted by Gasteiger charge is 2.35. The molecule has 1 aliphatic heterocycles. The summed E-state index contributed by atoms with van der Waals surface area (Å²) >= 11 is 0. The summed E-state index contributed by atoms with van der Waals surface area (Å²) in [5.74, 6) is 0. The molecule has 1 aromatic carbocycles. The Kier molecular flexibility index (Phi) is 5.38. The minimum Gasteiger partial charge on any atom is -0.394 e. The van der Waals surface area contributed by atoms with Crippen molar-refractivity contribution in [1.29, 1.82) is 0 Å². The van der Waals surface area contributed by atoms with Crippen molar-refractivity contribution in [2.75, 3.05) is 26.3 Å². The molecule has 118 valence electrons. The molecule has 0 spiro atoms. The van der Waals surface area contributed by atoms with Crippen LogP contribution in [0.1, 0.15) is 32.4 Å². The average Bonchev–Trinajstić information content (AvgIpc) is 2.49. The van der Waals surface area contributed by atoms with E-state index in [1.165, 1.54) is 0 Å². The zero-order valence-electron chi connectivity index (χ0n) is 13.2. The second kappa shape index (κ2) is 6.88. The molecule has 3 unspecified atom stereocenters. The first kappa shape index (κ1) is 16.4. The number of nitrogens with zero attached hydrogens (tertiary/aromatic N) is 1. The van der Waals surface area contributed by atoms with E-state index in [1.54, 1.807) is 0 Å². The van der Waals surface area contributed by atoms with Gasteiger partial charge in [-0.05, 0) is 12.5 Å². The van der Waals surface area contributed by atoms with Crippen molar-refractivity contribution in [2.45, 2.75) is 39.0 Å². The Morgan fingerprint density at radius 3 is 2.62 bits per heavy atom. The molecule has 4 heteroatoms. The number of ether oxygens (including phenoxy) is 1. The second-order valence-corrected chi connectivity index (χ2v) is 6.72. The Bertz CT molecular complexity index is 435. The van der Waals surface area contributed by atoms with Crippen LogP contribution in [0.2, 0.25) is 0 Å². The molecule has 2 rings (SSSR count). The van der Waals surface area contributed by atoms with Crippen LogP contribution in [0.5, 0.6) is 0 Å². The fourth-order valence-electron chi connectivity index (χ4n) is 2.90. The molecule has 1 heterocycles. The SMILES string of the molecule is CC1COC(CO)CN1CC(C)(C)C(O)c1ccccc1. The van der Waals surface area contributed by atoms with Crippen molar-refractivity contribution in [2.24, 2.45) is 5.41 Å². The number of hydrogen-bond donors (Lipinski definition) is 2. The second-order valence-electron chi connectivity index (χ2n) is 6.72. The van der Waals surface area contributed by atoms with Gasteiger partial charge in [0.05, 0.1) is 25.4 Å². The molecule has 0 saturated carbocycles. The molecule has 3 atom stereocenters. The minimum absolute atomic E-state index is 0.0465. The van der Waals surface area contributed by atoms with E-state index in [1.807, 2.05) is 30.3 Å². The molecular formula is C17H27NO3. The van der Waals surface area contributed by atoms with Crippen LogP contribution in [0.3, 0.4) is 0 Å². The van der Waals surface area contributed by atoms with E-state index in [9.17, 15) is 10.2 Å². The lowest BCUT2D eigenvalue weighted by molar-refractivity contribution is -0.0959. The first-order chi connectivity index (χ1) is 9.94. The number of benzene rings is 1. The van der Waals surface area contributed by atoms with Gasteiger partial charge in [0.2, 0.25) is 0 Å². The highest BCUT2D eigenvalue weighted by Crippen LogP contribution is 2.35. The number of aliphatic hydroxyl groups is 2. The van der Waals surface area contributed by atoms with Gasteiger partial charge in [-0.25, -0.2) is 0 Å². The normalized spacial score (nSPS) is 25.8. The maximum Gasteiger partial charge on any atom is 0.0933 e. The van der Waals surface area contributed by atoms with Gasteiger partial charge < -0.3 is 14.9 Å². The fourth-order valence-corrected chi connectivity index (χ4v) is 2.90. The van der Waals surface area contributed by atoms with Crippen LogP contribution in [-0.2, 0) is 4.74 Å². The first-order valence-electron chi connectivity index (χ1n) is 7.63. The van der Waals surface area contributed by atoms with Crippen molar-refractivity contribution in [3.63, 3.8) is 0 Å². The summed E-state index contributed by atoms with van der Waals surface area (Å²) in [6, 6.07) is 10.1. The fraction of sp³-hybridized carbons (Fsp3) is 0.647. The lowest BCUT2D eigenvalue weighted by Gasteiger charge is -2.43. The molecule has 0 aromatic heterocycles. The third kappa shape index (κ3) is 4.04. The summed E-state index contributed by atoms with van der Waals surface area (Å²) in [5, 5.41) is 20.0. The molecule has 0 radical (unpaired) electrons. The zero-order chi connectivity index (χ0) is 15.5. The van der Waals surface area contributed by atoms with Gasteiger partial charge in [0, 0.05) is 24.5 Å². The highest BCUT2D eigenvalue weighted by atomic mass is 16.5. The summed E-state index contributed by atoms with van der Waals surface area (Å²) in [4.78, 5) is 2.30. The van der Waals surface area contributed by atoms with Crippen LogP contribution in [-0.4, -0.2) is 53.6 Å². The molecule has 0 bridgehead atoms. The van der Waals surface area contributed by atoms with Gasteiger partial charge in [0.25, 0.3) is 0 Å². The molecule has 4 nitrogen and oxygen atoms in total.